The fourth-order valence-electron chi connectivity index (χ4n) is 14.5. The maximum Gasteiger partial charge on any atom is 0.115 e. The Morgan fingerprint density at radius 2 is 0.671 bits per heavy atom. The van der Waals surface area contributed by atoms with Gasteiger partial charge in [0.2, 0.25) is 0 Å². The maximum atomic E-state index is 4.73. The molecule has 14 heterocycles. The van der Waals surface area contributed by atoms with E-state index in [0.717, 1.165) is 94.0 Å². The molecule has 0 saturated carbocycles. The zero-order valence-corrected chi connectivity index (χ0v) is 49.9. The highest BCUT2D eigenvalue weighted by Gasteiger charge is 2.45. The molecular formula is C68H74N14. The Morgan fingerprint density at radius 3 is 1.20 bits per heavy atom. The molecule has 0 saturated heterocycles. The van der Waals surface area contributed by atoms with Crippen LogP contribution in [0.4, 0.5) is 56.9 Å². The lowest BCUT2D eigenvalue weighted by Crippen LogP contribution is -2.36. The largest absolute Gasteiger partial charge is 0.358 e. The van der Waals surface area contributed by atoms with Gasteiger partial charge in [0.05, 0.1) is 91.0 Å². The third-order valence-corrected chi connectivity index (χ3v) is 17.6. The van der Waals surface area contributed by atoms with Gasteiger partial charge in [-0.25, -0.2) is 0 Å². The fraction of sp³-hybridized carbons (Fsp3) is 0.324. The molecule has 0 spiro atoms. The van der Waals surface area contributed by atoms with Gasteiger partial charge in [0.15, 0.2) is 0 Å². The van der Waals surface area contributed by atoms with E-state index in [1.807, 2.05) is 13.8 Å². The summed E-state index contributed by atoms with van der Waals surface area (Å²) in [6.07, 6.45) is 14.2. The number of para-hydroxylation sites is 4. The molecule has 416 valence electrons. The third kappa shape index (κ3) is 8.67. The van der Waals surface area contributed by atoms with Crippen LogP contribution in [0.5, 0.6) is 0 Å². The summed E-state index contributed by atoms with van der Waals surface area (Å²) in [6.45, 7) is 25.0. The van der Waals surface area contributed by atoms with Gasteiger partial charge in [-0.05, 0) is 178 Å². The molecule has 8 aliphatic heterocycles. The lowest BCUT2D eigenvalue weighted by atomic mass is 10.1. The number of hydrogen-bond acceptors (Lipinski definition) is 14. The van der Waals surface area contributed by atoms with Gasteiger partial charge in [-0.3, -0.25) is 29.9 Å². The van der Waals surface area contributed by atoms with Crippen LogP contribution in [-0.4, -0.2) is 73.6 Å². The number of fused-ring (bicyclic) bond motifs is 16. The van der Waals surface area contributed by atoms with Crippen molar-refractivity contribution in [2.75, 3.05) is 48.4 Å². The van der Waals surface area contributed by atoms with E-state index in [1.165, 1.54) is 79.1 Å². The van der Waals surface area contributed by atoms with E-state index >= 15 is 0 Å². The fourth-order valence-corrected chi connectivity index (χ4v) is 14.5. The first-order valence-corrected chi connectivity index (χ1v) is 28.9. The second kappa shape index (κ2) is 20.0. The first-order chi connectivity index (χ1) is 39.4. The summed E-state index contributed by atoms with van der Waals surface area (Å²) in [5.41, 5.74) is 31.5. The normalized spacial score (nSPS) is 19.1. The highest BCUT2D eigenvalue weighted by molar-refractivity contribution is 5.92. The van der Waals surface area contributed by atoms with Gasteiger partial charge in [-0.1, -0.05) is 24.3 Å². The second-order valence-electron chi connectivity index (χ2n) is 23.5. The predicted octanol–water partition coefficient (Wildman–Crippen LogP) is 13.2. The summed E-state index contributed by atoms with van der Waals surface area (Å²) < 4.78 is 0. The van der Waals surface area contributed by atoms with Crippen molar-refractivity contribution in [3.05, 3.63) is 212 Å². The molecule has 0 aliphatic carbocycles. The van der Waals surface area contributed by atoms with Crippen molar-refractivity contribution in [3.8, 4) is 0 Å². The van der Waals surface area contributed by atoms with Crippen LogP contribution in [0.15, 0.2) is 122 Å². The number of likely N-dealkylation sites (N-methyl/N-ethyl adjacent to an activating group) is 2. The molecule has 16 rings (SSSR count). The Morgan fingerprint density at radius 1 is 0.305 bits per heavy atom. The summed E-state index contributed by atoms with van der Waals surface area (Å²) in [7, 11) is 4.31. The first-order valence-electron chi connectivity index (χ1n) is 28.9. The summed E-state index contributed by atoms with van der Waals surface area (Å²) in [6, 6.07) is 34.8. The molecule has 0 bridgehead atoms. The molecule has 82 heavy (non-hydrogen) atoms. The van der Waals surface area contributed by atoms with Crippen LogP contribution in [0.3, 0.4) is 0 Å². The first kappa shape index (κ1) is 52.6. The second-order valence-corrected chi connectivity index (χ2v) is 23.5. The lowest BCUT2D eigenvalue weighted by Gasteiger charge is -2.29. The highest BCUT2D eigenvalue weighted by atomic mass is 15.4. The van der Waals surface area contributed by atoms with Gasteiger partial charge in [0.25, 0.3) is 0 Å². The standard InChI is InChI=1S/C22H22N4.C18H20N4.C16H17N3.C12H15N3/c1-13-9-10-18(15(3)23-13)25-19-7-5-6-8-20(19)26-21(25)12-17-11-14(2)24-16(4)22(17)26;1-11-5-6-16(13(3)19-11)21-7-8-22-17(21)10-15-9-12(2)20-14(4)18(15)22;1-10-8-12-9-15-18(3)13-6-4-5-7-14(13)19(15)16(12)11(2)17-10;1-8-6-10-7-11-14(3)4-5-15(11)12(10)9(2)13-8/h5-11,21H,12H2,1-4H3;5-9,17H,10H2,1-4H3;4-8,15H,9H2,1-3H3;4-6,11H,7H2,1-3H3. The van der Waals surface area contributed by atoms with Gasteiger partial charge < -0.3 is 39.2 Å². The number of aromatic nitrogens is 6. The van der Waals surface area contributed by atoms with Crippen molar-refractivity contribution in [2.24, 2.45) is 0 Å². The van der Waals surface area contributed by atoms with Crippen LogP contribution >= 0.6 is 0 Å². The van der Waals surface area contributed by atoms with Crippen LogP contribution in [0.1, 0.15) is 90.6 Å². The topological polar surface area (TPSA) is 103 Å². The smallest absolute Gasteiger partial charge is 0.115 e. The Labute approximate surface area is 483 Å². The Balaban J connectivity index is 0.000000104. The minimum Gasteiger partial charge on any atom is -0.358 e. The van der Waals surface area contributed by atoms with Crippen molar-refractivity contribution < 1.29 is 0 Å². The molecular weight excluding hydrogens is 1010 g/mol. The average molecular weight is 1090 g/mol. The van der Waals surface area contributed by atoms with E-state index in [-0.39, 0.29) is 6.17 Å². The quantitative estimate of drug-likeness (QED) is 0.164. The summed E-state index contributed by atoms with van der Waals surface area (Å²) in [5.74, 6) is 0. The molecule has 8 aromatic rings. The molecule has 0 radical (unpaired) electrons. The van der Waals surface area contributed by atoms with Crippen LogP contribution in [0.25, 0.3) is 0 Å². The number of benzene rings is 2. The number of nitrogens with zero attached hydrogens (tertiary/aromatic N) is 14. The average Bonchev–Trinajstić information content (AvgIpc) is 2.73. The van der Waals surface area contributed by atoms with Gasteiger partial charge in [-0.2, -0.15) is 0 Å². The maximum absolute atomic E-state index is 4.73. The Bertz CT molecular complexity index is 3940. The minimum absolute atomic E-state index is 0.243. The molecule has 0 N–H and O–H groups in total. The van der Waals surface area contributed by atoms with Crippen molar-refractivity contribution in [1.82, 2.24) is 34.8 Å². The van der Waals surface area contributed by atoms with Gasteiger partial charge >= 0.3 is 0 Å². The van der Waals surface area contributed by atoms with E-state index in [9.17, 15) is 0 Å². The zero-order valence-electron chi connectivity index (χ0n) is 49.9. The number of aryl methyl sites for hydroxylation is 12. The van der Waals surface area contributed by atoms with Gasteiger partial charge in [0.1, 0.15) is 24.7 Å². The monoisotopic (exact) mass is 1090 g/mol. The predicted molar refractivity (Wildman–Crippen MR) is 333 cm³/mol. The summed E-state index contributed by atoms with van der Waals surface area (Å²) in [4.78, 5) is 46.9. The molecule has 4 atom stereocenters. The summed E-state index contributed by atoms with van der Waals surface area (Å²) in [5, 5.41) is 0. The molecule has 0 fully saturated rings. The van der Waals surface area contributed by atoms with E-state index < -0.39 is 0 Å². The third-order valence-electron chi connectivity index (χ3n) is 17.6. The minimum atomic E-state index is 0.243. The van der Waals surface area contributed by atoms with Crippen LogP contribution in [0, 0.1) is 83.1 Å². The number of anilines is 10. The van der Waals surface area contributed by atoms with Crippen molar-refractivity contribution in [2.45, 2.75) is 133 Å². The van der Waals surface area contributed by atoms with E-state index in [0.29, 0.717) is 18.5 Å². The molecule has 14 nitrogen and oxygen atoms in total. The van der Waals surface area contributed by atoms with Crippen molar-refractivity contribution >= 4 is 56.9 Å². The summed E-state index contributed by atoms with van der Waals surface area (Å²) >= 11 is 0. The number of pyridine rings is 6. The number of rotatable bonds is 2. The van der Waals surface area contributed by atoms with Gasteiger partial charge in [0, 0.05) is 98.7 Å². The lowest BCUT2D eigenvalue weighted by molar-refractivity contribution is 0.369. The Hall–Kier alpha value is -8.78. The zero-order chi connectivity index (χ0) is 57.2. The molecule has 14 heteroatoms. The van der Waals surface area contributed by atoms with Crippen molar-refractivity contribution in [1.29, 1.82) is 0 Å². The van der Waals surface area contributed by atoms with Crippen LogP contribution < -0.4 is 34.3 Å². The van der Waals surface area contributed by atoms with Crippen molar-refractivity contribution in [3.63, 3.8) is 0 Å². The van der Waals surface area contributed by atoms with E-state index in [2.05, 4.69) is 264 Å². The van der Waals surface area contributed by atoms with E-state index in [1.54, 1.807) is 0 Å². The molecule has 4 unspecified atom stereocenters. The van der Waals surface area contributed by atoms with Crippen LogP contribution in [0.2, 0.25) is 0 Å². The van der Waals surface area contributed by atoms with Crippen LogP contribution in [-0.2, 0) is 25.7 Å². The molecule has 2 aromatic carbocycles. The van der Waals surface area contributed by atoms with E-state index in [4.69, 9.17) is 9.97 Å². The number of hydrogen-bond donors (Lipinski definition) is 0. The molecule has 6 aromatic heterocycles. The Kier molecular flexibility index (Phi) is 12.8. The molecule has 0 amide bonds. The van der Waals surface area contributed by atoms with Gasteiger partial charge in [-0.15, -0.1) is 0 Å². The SMILES string of the molecule is Cc1cc2c(c(C)n1)N1C=CN(C)C1C2.Cc1cc2c(c(C)n1)N1c3ccccc3N(C)C1C2.Cc1ccc(N2C=CN3c4c(cc(C)nc4C)CC23)c(C)n1.Cc1ccc(N2c3ccccc3N3c4c(cc(C)nc4C)CC23)c(C)n1. The highest BCUT2D eigenvalue weighted by Crippen LogP contribution is 2.54. The molecule has 8 aliphatic rings.